The number of aryl methyl sites for hydroxylation is 1. The molecule has 1 amide bonds. The van der Waals surface area contributed by atoms with Crippen LogP contribution in [0.3, 0.4) is 0 Å². The maximum atomic E-state index is 13.9. The minimum atomic E-state index is -0.869. The lowest BCUT2D eigenvalue weighted by Gasteiger charge is -2.23. The Balaban J connectivity index is 1.46. The topological polar surface area (TPSA) is 81.4 Å². The van der Waals surface area contributed by atoms with Gasteiger partial charge in [-0.2, -0.15) is 4.98 Å². The quantitative estimate of drug-likeness (QED) is 0.513. The number of anilines is 1. The highest BCUT2D eigenvalue weighted by Crippen LogP contribution is 2.53. The third-order valence-corrected chi connectivity index (χ3v) is 5.98. The smallest absolute Gasteiger partial charge is 0.246 e. The van der Waals surface area contributed by atoms with Crippen molar-refractivity contribution in [2.75, 3.05) is 11.5 Å². The number of fused-ring (bicyclic) bond motifs is 4. The molecule has 6 rings (SSSR count). The maximum Gasteiger partial charge on any atom is 0.246 e. The van der Waals surface area contributed by atoms with Gasteiger partial charge in [-0.15, -0.1) is 0 Å². The fourth-order valence-corrected chi connectivity index (χ4v) is 4.55. The molecule has 1 unspecified atom stereocenters. The summed E-state index contributed by atoms with van der Waals surface area (Å²) < 4.78 is 11.2. The normalized spacial score (nSPS) is 18.9. The monoisotopic (exact) mass is 410 g/mol. The zero-order chi connectivity index (χ0) is 21.0. The summed E-state index contributed by atoms with van der Waals surface area (Å²) in [6, 6.07) is 19.4. The van der Waals surface area contributed by atoms with Crippen LogP contribution in [0.5, 0.6) is 5.75 Å². The first kappa shape index (κ1) is 17.8. The number of carbonyl (C=O) groups excluding carboxylic acids is 1. The van der Waals surface area contributed by atoms with E-state index in [1.807, 2.05) is 65.6 Å². The number of amides is 1. The van der Waals surface area contributed by atoms with Gasteiger partial charge in [0.15, 0.2) is 0 Å². The molecule has 4 heterocycles. The van der Waals surface area contributed by atoms with Crippen LogP contribution < -0.4 is 9.64 Å². The van der Waals surface area contributed by atoms with E-state index < -0.39 is 5.41 Å². The van der Waals surface area contributed by atoms with Crippen LogP contribution in [0.15, 0.2) is 71.4 Å². The Kier molecular flexibility index (Phi) is 3.74. The summed E-state index contributed by atoms with van der Waals surface area (Å²) in [5.74, 6) is 1.67. The van der Waals surface area contributed by atoms with Gasteiger partial charge in [0, 0.05) is 29.9 Å². The number of ether oxygens (including phenoxy) is 1. The van der Waals surface area contributed by atoms with Crippen molar-refractivity contribution in [2.45, 2.75) is 18.9 Å². The van der Waals surface area contributed by atoms with Crippen LogP contribution in [-0.4, -0.2) is 27.6 Å². The van der Waals surface area contributed by atoms with Gasteiger partial charge in [0.1, 0.15) is 17.8 Å². The number of pyridine rings is 1. The van der Waals surface area contributed by atoms with Gasteiger partial charge >= 0.3 is 0 Å². The molecule has 0 N–H and O–H groups in total. The standard InChI is InChI=1S/C24H18N4O3/c1-15-26-22(27-31-15)16-9-10-19-21(12-16)30-14-24(19)18-7-2-3-8-20(18)28(23(24)29)13-17-6-4-5-11-25-17/h2-12H,13-14H2,1H3. The Hall–Kier alpha value is -4.00. The number of benzene rings is 2. The molecule has 0 fully saturated rings. The zero-order valence-corrected chi connectivity index (χ0v) is 16.8. The first-order valence-electron chi connectivity index (χ1n) is 10.1. The van der Waals surface area contributed by atoms with Gasteiger partial charge in [0.2, 0.25) is 17.6 Å². The molecule has 2 aromatic carbocycles. The molecule has 2 aliphatic heterocycles. The summed E-state index contributed by atoms with van der Waals surface area (Å²) >= 11 is 0. The summed E-state index contributed by atoms with van der Waals surface area (Å²) in [6.07, 6.45) is 1.74. The SMILES string of the molecule is Cc1nc(-c2ccc3c(c2)OCC32C(=O)N(Cc3ccccn3)c3ccccc32)no1. The third-order valence-electron chi connectivity index (χ3n) is 5.98. The fourth-order valence-electron chi connectivity index (χ4n) is 4.55. The molecule has 1 spiro atoms. The van der Waals surface area contributed by atoms with Gasteiger partial charge in [-0.3, -0.25) is 9.78 Å². The van der Waals surface area contributed by atoms with Crippen molar-refractivity contribution in [3.8, 4) is 17.1 Å². The van der Waals surface area contributed by atoms with Crippen LogP contribution in [-0.2, 0) is 16.8 Å². The number of rotatable bonds is 3. The van der Waals surface area contributed by atoms with E-state index in [0.717, 1.165) is 28.1 Å². The third kappa shape index (κ3) is 2.53. The molecule has 2 aliphatic rings. The predicted octanol–water partition coefficient (Wildman–Crippen LogP) is 3.67. The van der Waals surface area contributed by atoms with E-state index >= 15 is 0 Å². The lowest BCUT2D eigenvalue weighted by atomic mass is 9.77. The number of hydrogen-bond donors (Lipinski definition) is 0. The van der Waals surface area contributed by atoms with Crippen LogP contribution in [0, 0.1) is 6.92 Å². The number of nitrogens with zero attached hydrogens (tertiary/aromatic N) is 4. The van der Waals surface area contributed by atoms with Crippen molar-refractivity contribution in [3.63, 3.8) is 0 Å². The maximum absolute atomic E-state index is 13.9. The molecule has 2 aromatic heterocycles. The number of aromatic nitrogens is 3. The van der Waals surface area contributed by atoms with Crippen molar-refractivity contribution in [1.29, 1.82) is 0 Å². The molecule has 4 aromatic rings. The molecule has 31 heavy (non-hydrogen) atoms. The van der Waals surface area contributed by atoms with E-state index in [9.17, 15) is 4.79 Å². The van der Waals surface area contributed by atoms with Crippen LogP contribution in [0.4, 0.5) is 5.69 Å². The molecule has 7 nitrogen and oxygen atoms in total. The van der Waals surface area contributed by atoms with Crippen LogP contribution in [0.2, 0.25) is 0 Å². The molecular weight excluding hydrogens is 392 g/mol. The Morgan fingerprint density at radius 2 is 1.94 bits per heavy atom. The van der Waals surface area contributed by atoms with Crippen LogP contribution in [0.25, 0.3) is 11.4 Å². The first-order valence-corrected chi connectivity index (χ1v) is 10.1. The van der Waals surface area contributed by atoms with Gasteiger partial charge in [0.25, 0.3) is 0 Å². The molecule has 7 heteroatoms. The second-order valence-corrected chi connectivity index (χ2v) is 7.77. The molecule has 0 bridgehead atoms. The molecule has 0 saturated carbocycles. The van der Waals surface area contributed by atoms with Crippen molar-refractivity contribution in [1.82, 2.24) is 15.1 Å². The highest BCUT2D eigenvalue weighted by Gasteiger charge is 2.56. The minimum Gasteiger partial charge on any atom is -0.491 e. The average Bonchev–Trinajstić information content (AvgIpc) is 3.47. The number of para-hydroxylation sites is 1. The van der Waals surface area contributed by atoms with E-state index in [4.69, 9.17) is 9.26 Å². The number of hydrogen-bond acceptors (Lipinski definition) is 6. The van der Waals surface area contributed by atoms with Gasteiger partial charge in [0.05, 0.1) is 12.2 Å². The van der Waals surface area contributed by atoms with E-state index in [0.29, 0.717) is 24.0 Å². The number of carbonyl (C=O) groups is 1. The van der Waals surface area contributed by atoms with Crippen LogP contribution in [0.1, 0.15) is 22.7 Å². The van der Waals surface area contributed by atoms with Crippen molar-refractivity contribution < 1.29 is 14.1 Å². The summed E-state index contributed by atoms with van der Waals surface area (Å²) in [5.41, 5.74) is 3.47. The Morgan fingerprint density at radius 1 is 1.06 bits per heavy atom. The lowest BCUT2D eigenvalue weighted by Crippen LogP contribution is -2.42. The van der Waals surface area contributed by atoms with E-state index in [2.05, 4.69) is 15.1 Å². The Morgan fingerprint density at radius 3 is 2.74 bits per heavy atom. The van der Waals surface area contributed by atoms with Crippen molar-refractivity contribution in [2.24, 2.45) is 0 Å². The molecule has 0 aliphatic carbocycles. The molecule has 152 valence electrons. The summed E-state index contributed by atoms with van der Waals surface area (Å²) in [7, 11) is 0. The van der Waals surface area contributed by atoms with Gasteiger partial charge in [-0.25, -0.2) is 0 Å². The van der Waals surface area contributed by atoms with Gasteiger partial charge < -0.3 is 14.2 Å². The predicted molar refractivity (Wildman–Crippen MR) is 113 cm³/mol. The minimum absolute atomic E-state index is 0.00117. The molecule has 0 radical (unpaired) electrons. The van der Waals surface area contributed by atoms with Crippen molar-refractivity contribution >= 4 is 11.6 Å². The molecule has 1 atom stereocenters. The summed E-state index contributed by atoms with van der Waals surface area (Å²) in [4.78, 5) is 24.4. The Labute approximate surface area is 178 Å². The first-order chi connectivity index (χ1) is 15.2. The average molecular weight is 410 g/mol. The summed E-state index contributed by atoms with van der Waals surface area (Å²) in [6.45, 7) is 2.42. The second-order valence-electron chi connectivity index (χ2n) is 7.77. The summed E-state index contributed by atoms with van der Waals surface area (Å²) in [5, 5.41) is 3.99. The lowest BCUT2D eigenvalue weighted by molar-refractivity contribution is -0.122. The zero-order valence-electron chi connectivity index (χ0n) is 16.8. The van der Waals surface area contributed by atoms with E-state index in [1.165, 1.54) is 0 Å². The highest BCUT2D eigenvalue weighted by molar-refractivity contribution is 6.11. The van der Waals surface area contributed by atoms with Crippen LogP contribution >= 0.6 is 0 Å². The highest BCUT2D eigenvalue weighted by atomic mass is 16.5. The molecule has 0 saturated heterocycles. The largest absolute Gasteiger partial charge is 0.491 e. The van der Waals surface area contributed by atoms with Crippen molar-refractivity contribution in [3.05, 3.63) is 89.6 Å². The second kappa shape index (κ2) is 6.50. The fraction of sp³-hybridized carbons (Fsp3) is 0.167. The van der Waals surface area contributed by atoms with E-state index in [-0.39, 0.29) is 12.5 Å². The molecular formula is C24H18N4O3. The van der Waals surface area contributed by atoms with Gasteiger partial charge in [-0.05, 0) is 29.8 Å². The van der Waals surface area contributed by atoms with Gasteiger partial charge in [-0.1, -0.05) is 41.6 Å². The Bertz CT molecular complexity index is 1320. The van der Waals surface area contributed by atoms with E-state index in [1.54, 1.807) is 13.1 Å².